The number of aryl methyl sites for hydroxylation is 3. The molecule has 18 heavy (non-hydrogen) atoms. The van der Waals surface area contributed by atoms with Crippen molar-refractivity contribution in [1.82, 2.24) is 9.78 Å². The van der Waals surface area contributed by atoms with Crippen LogP contribution in [-0.4, -0.2) is 20.8 Å². The van der Waals surface area contributed by atoms with E-state index in [0.717, 1.165) is 11.3 Å². The molecular weight excluding hydrogens is 230 g/mol. The summed E-state index contributed by atoms with van der Waals surface area (Å²) in [5, 5.41) is 16.6. The number of rotatable bonds is 2. The molecule has 0 saturated carbocycles. The van der Waals surface area contributed by atoms with Crippen LogP contribution in [0.2, 0.25) is 0 Å². The van der Waals surface area contributed by atoms with E-state index in [0.29, 0.717) is 5.82 Å². The van der Waals surface area contributed by atoms with Crippen LogP contribution in [0.1, 0.15) is 21.6 Å². The van der Waals surface area contributed by atoms with E-state index in [1.54, 1.807) is 36.0 Å². The second-order valence-corrected chi connectivity index (χ2v) is 4.27. The second kappa shape index (κ2) is 4.52. The van der Waals surface area contributed by atoms with Gasteiger partial charge in [-0.15, -0.1) is 0 Å². The molecule has 1 aromatic carbocycles. The van der Waals surface area contributed by atoms with Crippen molar-refractivity contribution in [2.45, 2.75) is 13.8 Å². The lowest BCUT2D eigenvalue weighted by molar-refractivity contribution is 0.102. The number of nitrogens with one attached hydrogen (secondary N) is 1. The van der Waals surface area contributed by atoms with Crippen molar-refractivity contribution in [1.29, 1.82) is 0 Å². The minimum Gasteiger partial charge on any atom is -0.507 e. The third kappa shape index (κ3) is 2.34. The Morgan fingerprint density at radius 1 is 1.33 bits per heavy atom. The number of anilines is 1. The average Bonchev–Trinajstić information content (AvgIpc) is 2.57. The Bertz CT molecular complexity index is 602. The first kappa shape index (κ1) is 12.2. The molecular formula is C13H15N3O2. The molecule has 0 spiro atoms. The zero-order valence-electron chi connectivity index (χ0n) is 10.6. The molecule has 0 radical (unpaired) electrons. The van der Waals surface area contributed by atoms with Gasteiger partial charge >= 0.3 is 0 Å². The summed E-state index contributed by atoms with van der Waals surface area (Å²) in [5.74, 6) is 0.222. The third-order valence-electron chi connectivity index (χ3n) is 2.64. The maximum absolute atomic E-state index is 12.0. The number of amides is 1. The fraction of sp³-hybridized carbons (Fsp3) is 0.231. The minimum absolute atomic E-state index is 0.0219. The van der Waals surface area contributed by atoms with Gasteiger partial charge in [-0.25, -0.2) is 0 Å². The van der Waals surface area contributed by atoms with E-state index in [-0.39, 0.29) is 17.2 Å². The number of carbonyl (C=O) groups is 1. The van der Waals surface area contributed by atoms with Crippen molar-refractivity contribution in [2.24, 2.45) is 7.05 Å². The van der Waals surface area contributed by atoms with E-state index >= 15 is 0 Å². The normalized spacial score (nSPS) is 10.4. The van der Waals surface area contributed by atoms with E-state index in [9.17, 15) is 9.90 Å². The smallest absolute Gasteiger partial charge is 0.260 e. The molecule has 0 bridgehead atoms. The molecule has 0 fully saturated rings. The quantitative estimate of drug-likeness (QED) is 0.850. The Labute approximate surface area is 105 Å². The zero-order chi connectivity index (χ0) is 13.3. The molecule has 5 nitrogen and oxygen atoms in total. The highest BCUT2D eigenvalue weighted by atomic mass is 16.3. The van der Waals surface area contributed by atoms with Crippen molar-refractivity contribution in [2.75, 3.05) is 5.32 Å². The van der Waals surface area contributed by atoms with Crippen molar-refractivity contribution >= 4 is 11.7 Å². The molecule has 0 atom stereocenters. The van der Waals surface area contributed by atoms with Gasteiger partial charge in [-0.2, -0.15) is 5.10 Å². The van der Waals surface area contributed by atoms with Gasteiger partial charge in [-0.3, -0.25) is 9.48 Å². The molecule has 1 aromatic heterocycles. The number of aromatic nitrogens is 2. The fourth-order valence-electron chi connectivity index (χ4n) is 1.74. The van der Waals surface area contributed by atoms with Crippen LogP contribution in [0.3, 0.4) is 0 Å². The molecule has 94 valence electrons. The van der Waals surface area contributed by atoms with Crippen molar-refractivity contribution < 1.29 is 9.90 Å². The summed E-state index contributed by atoms with van der Waals surface area (Å²) in [6, 6.07) is 6.71. The van der Waals surface area contributed by atoms with Crippen molar-refractivity contribution in [3.05, 3.63) is 41.1 Å². The molecule has 5 heteroatoms. The lowest BCUT2D eigenvalue weighted by Crippen LogP contribution is -2.14. The second-order valence-electron chi connectivity index (χ2n) is 4.27. The summed E-state index contributed by atoms with van der Waals surface area (Å²) in [7, 11) is 1.75. The Morgan fingerprint density at radius 2 is 2.06 bits per heavy atom. The summed E-state index contributed by atoms with van der Waals surface area (Å²) in [6.45, 7) is 3.70. The van der Waals surface area contributed by atoms with Crippen molar-refractivity contribution in [3.8, 4) is 5.75 Å². The summed E-state index contributed by atoms with van der Waals surface area (Å²) < 4.78 is 1.58. The molecule has 0 unspecified atom stereocenters. The van der Waals surface area contributed by atoms with Crippen LogP contribution in [0.4, 0.5) is 5.82 Å². The number of aromatic hydroxyl groups is 1. The van der Waals surface area contributed by atoms with Gasteiger partial charge in [0.2, 0.25) is 0 Å². The number of hydrogen-bond acceptors (Lipinski definition) is 3. The van der Waals surface area contributed by atoms with Gasteiger partial charge < -0.3 is 10.4 Å². The highest BCUT2D eigenvalue weighted by Gasteiger charge is 2.13. The van der Waals surface area contributed by atoms with Gasteiger partial charge in [0.1, 0.15) is 11.6 Å². The summed E-state index contributed by atoms with van der Waals surface area (Å²) in [5.41, 5.74) is 1.97. The fourth-order valence-corrected chi connectivity index (χ4v) is 1.74. The highest BCUT2D eigenvalue weighted by molar-refractivity contribution is 6.05. The highest BCUT2D eigenvalue weighted by Crippen LogP contribution is 2.20. The van der Waals surface area contributed by atoms with Crippen LogP contribution < -0.4 is 5.32 Å². The van der Waals surface area contributed by atoms with Gasteiger partial charge in [-0.05, 0) is 31.5 Å². The SMILES string of the molecule is Cc1ccc(C(=O)Nc2cc(C)nn2C)c(O)c1. The van der Waals surface area contributed by atoms with E-state index in [1.165, 1.54) is 0 Å². The van der Waals surface area contributed by atoms with E-state index in [2.05, 4.69) is 10.4 Å². The van der Waals surface area contributed by atoms with E-state index < -0.39 is 0 Å². The Kier molecular flexibility index (Phi) is 3.06. The number of benzene rings is 1. The standard InChI is InChI=1S/C13H15N3O2/c1-8-4-5-10(11(17)6-8)13(18)14-12-7-9(2)15-16(12)3/h4-7,17H,1-3H3,(H,14,18). The number of phenols is 1. The largest absolute Gasteiger partial charge is 0.507 e. The molecule has 2 N–H and O–H groups in total. The van der Waals surface area contributed by atoms with Crippen LogP contribution in [0, 0.1) is 13.8 Å². The first-order valence-electron chi connectivity index (χ1n) is 5.59. The third-order valence-corrected chi connectivity index (χ3v) is 2.64. The molecule has 0 saturated heterocycles. The average molecular weight is 245 g/mol. The summed E-state index contributed by atoms with van der Waals surface area (Å²) in [4.78, 5) is 12.0. The number of phenolic OH excluding ortho intramolecular Hbond substituents is 1. The summed E-state index contributed by atoms with van der Waals surface area (Å²) in [6.07, 6.45) is 0. The summed E-state index contributed by atoms with van der Waals surface area (Å²) >= 11 is 0. The van der Waals surface area contributed by atoms with Crippen molar-refractivity contribution in [3.63, 3.8) is 0 Å². The molecule has 2 rings (SSSR count). The Balaban J connectivity index is 2.24. The molecule has 2 aromatic rings. The van der Waals surface area contributed by atoms with Crippen LogP contribution in [0.25, 0.3) is 0 Å². The monoisotopic (exact) mass is 245 g/mol. The van der Waals surface area contributed by atoms with Crippen LogP contribution in [-0.2, 0) is 7.05 Å². The maximum atomic E-state index is 12.0. The Morgan fingerprint density at radius 3 is 2.61 bits per heavy atom. The number of nitrogens with zero attached hydrogens (tertiary/aromatic N) is 2. The molecule has 0 aliphatic heterocycles. The van der Waals surface area contributed by atoms with Gasteiger partial charge in [0, 0.05) is 13.1 Å². The maximum Gasteiger partial charge on any atom is 0.260 e. The van der Waals surface area contributed by atoms with Gasteiger partial charge in [0.15, 0.2) is 0 Å². The number of carbonyl (C=O) groups excluding carboxylic acids is 1. The van der Waals surface area contributed by atoms with Gasteiger partial charge in [0.05, 0.1) is 11.3 Å². The topological polar surface area (TPSA) is 67.2 Å². The van der Waals surface area contributed by atoms with Gasteiger partial charge in [0.25, 0.3) is 5.91 Å². The first-order valence-corrected chi connectivity index (χ1v) is 5.59. The number of hydrogen-bond donors (Lipinski definition) is 2. The van der Waals surface area contributed by atoms with Crippen LogP contribution in [0.5, 0.6) is 5.75 Å². The first-order chi connectivity index (χ1) is 8.47. The lowest BCUT2D eigenvalue weighted by Gasteiger charge is -2.07. The molecule has 0 aliphatic carbocycles. The minimum atomic E-state index is -0.351. The lowest BCUT2D eigenvalue weighted by atomic mass is 10.1. The molecule has 0 aliphatic rings. The van der Waals surface area contributed by atoms with E-state index in [1.807, 2.05) is 13.8 Å². The van der Waals surface area contributed by atoms with Crippen LogP contribution in [0.15, 0.2) is 24.3 Å². The molecule has 1 heterocycles. The van der Waals surface area contributed by atoms with Gasteiger partial charge in [-0.1, -0.05) is 6.07 Å². The van der Waals surface area contributed by atoms with Crippen LogP contribution >= 0.6 is 0 Å². The predicted octanol–water partition coefficient (Wildman–Crippen LogP) is 1.99. The van der Waals surface area contributed by atoms with E-state index in [4.69, 9.17) is 0 Å². The molecule has 1 amide bonds. The predicted molar refractivity (Wildman–Crippen MR) is 68.7 cm³/mol. The zero-order valence-corrected chi connectivity index (χ0v) is 10.6. The Hall–Kier alpha value is -2.30.